The van der Waals surface area contributed by atoms with E-state index in [1.54, 1.807) is 0 Å². The summed E-state index contributed by atoms with van der Waals surface area (Å²) in [6.07, 6.45) is 7.88. The minimum Gasteiger partial charge on any atom is -0.374 e. The molecule has 16 heavy (non-hydrogen) atoms. The summed E-state index contributed by atoms with van der Waals surface area (Å²) in [7, 11) is 0. The quantitative estimate of drug-likeness (QED) is 0.637. The maximum absolute atomic E-state index is 5.86. The lowest BCUT2D eigenvalue weighted by Crippen LogP contribution is -2.28. The Morgan fingerprint density at radius 1 is 1.38 bits per heavy atom. The van der Waals surface area contributed by atoms with Crippen molar-refractivity contribution in [2.75, 3.05) is 6.61 Å². The van der Waals surface area contributed by atoms with Gasteiger partial charge in [0.1, 0.15) is 0 Å². The second-order valence-electron chi connectivity index (χ2n) is 6.40. The van der Waals surface area contributed by atoms with Crippen molar-refractivity contribution >= 4 is 0 Å². The van der Waals surface area contributed by atoms with E-state index in [9.17, 15) is 0 Å². The van der Waals surface area contributed by atoms with Crippen LogP contribution in [0, 0.1) is 17.3 Å². The lowest BCUT2D eigenvalue weighted by atomic mass is 9.74. The molecule has 0 aromatic carbocycles. The second-order valence-corrected chi connectivity index (χ2v) is 6.40. The van der Waals surface area contributed by atoms with Crippen LogP contribution in [0.1, 0.15) is 53.4 Å². The van der Waals surface area contributed by atoms with Gasteiger partial charge in [-0.05, 0) is 49.9 Å². The molecule has 3 unspecified atom stereocenters. The van der Waals surface area contributed by atoms with Crippen LogP contribution in [-0.4, -0.2) is 12.7 Å². The van der Waals surface area contributed by atoms with Crippen LogP contribution in [0.2, 0.25) is 0 Å². The van der Waals surface area contributed by atoms with Gasteiger partial charge in [-0.25, -0.2) is 0 Å². The zero-order valence-electron chi connectivity index (χ0n) is 11.3. The van der Waals surface area contributed by atoms with Crippen LogP contribution in [-0.2, 0) is 4.74 Å². The fourth-order valence-electron chi connectivity index (χ4n) is 3.26. The summed E-state index contributed by atoms with van der Waals surface area (Å²) in [5.74, 6) is 1.71. The molecule has 1 nitrogen and oxygen atoms in total. The van der Waals surface area contributed by atoms with Crippen LogP contribution in [0.5, 0.6) is 0 Å². The topological polar surface area (TPSA) is 9.23 Å². The normalized spacial score (nSPS) is 38.5. The van der Waals surface area contributed by atoms with Gasteiger partial charge in [0.15, 0.2) is 0 Å². The van der Waals surface area contributed by atoms with Gasteiger partial charge in [0.2, 0.25) is 0 Å². The molecule has 1 aliphatic carbocycles. The summed E-state index contributed by atoms with van der Waals surface area (Å²) in [6, 6.07) is 0. The van der Waals surface area contributed by atoms with E-state index in [2.05, 4.69) is 33.8 Å². The largest absolute Gasteiger partial charge is 0.374 e. The summed E-state index contributed by atoms with van der Waals surface area (Å²) >= 11 is 0. The highest BCUT2D eigenvalue weighted by atomic mass is 16.5. The Balaban J connectivity index is 1.97. The maximum Gasteiger partial charge on any atom is 0.0761 e. The molecular weight excluding hydrogens is 196 g/mol. The van der Waals surface area contributed by atoms with Crippen molar-refractivity contribution in [3.8, 4) is 0 Å². The fourth-order valence-corrected chi connectivity index (χ4v) is 3.26. The van der Waals surface area contributed by atoms with Crippen LogP contribution < -0.4 is 0 Å². The van der Waals surface area contributed by atoms with E-state index in [-0.39, 0.29) is 0 Å². The Morgan fingerprint density at radius 2 is 2.12 bits per heavy atom. The zero-order valence-corrected chi connectivity index (χ0v) is 11.3. The molecule has 1 heterocycles. The minimum absolute atomic E-state index is 0.392. The molecule has 1 saturated carbocycles. The lowest BCUT2D eigenvalue weighted by molar-refractivity contribution is 0.0422. The second kappa shape index (κ2) is 4.52. The summed E-state index contributed by atoms with van der Waals surface area (Å²) in [5, 5.41) is 0. The van der Waals surface area contributed by atoms with Gasteiger partial charge < -0.3 is 4.74 Å². The first-order chi connectivity index (χ1) is 7.50. The zero-order chi connectivity index (χ0) is 11.8. The van der Waals surface area contributed by atoms with Gasteiger partial charge in [0.05, 0.1) is 12.7 Å². The molecule has 92 valence electrons. The summed E-state index contributed by atoms with van der Waals surface area (Å²) in [5.41, 5.74) is 2.02. The Bertz CT molecular complexity index is 277. The molecule has 0 spiro atoms. The van der Waals surface area contributed by atoms with E-state index >= 15 is 0 Å². The number of hydrogen-bond acceptors (Lipinski definition) is 1. The predicted molar refractivity (Wildman–Crippen MR) is 68.4 cm³/mol. The number of ether oxygens (including phenoxy) is 1. The SMILES string of the molecule is CC1=CC(CC2CCC(C)C2(C)C)OCC1. The first-order valence-electron chi connectivity index (χ1n) is 6.79. The third-order valence-corrected chi connectivity index (χ3v) is 5.09. The molecule has 0 amide bonds. The summed E-state index contributed by atoms with van der Waals surface area (Å²) < 4.78 is 5.86. The van der Waals surface area contributed by atoms with Crippen molar-refractivity contribution < 1.29 is 4.74 Å². The first kappa shape index (κ1) is 12.2. The van der Waals surface area contributed by atoms with E-state index in [1.165, 1.54) is 24.8 Å². The summed E-state index contributed by atoms with van der Waals surface area (Å²) in [4.78, 5) is 0. The molecule has 0 bridgehead atoms. The van der Waals surface area contributed by atoms with Gasteiger partial charge in [0.25, 0.3) is 0 Å². The van der Waals surface area contributed by atoms with Crippen molar-refractivity contribution in [2.45, 2.75) is 59.5 Å². The van der Waals surface area contributed by atoms with Crippen LogP contribution in [0.4, 0.5) is 0 Å². The number of hydrogen-bond donors (Lipinski definition) is 0. The highest BCUT2D eigenvalue weighted by Crippen LogP contribution is 2.49. The lowest BCUT2D eigenvalue weighted by Gasteiger charge is -2.34. The predicted octanol–water partition coefficient (Wildman–Crippen LogP) is 4.18. The van der Waals surface area contributed by atoms with Gasteiger partial charge >= 0.3 is 0 Å². The molecule has 0 aromatic rings. The molecule has 1 fully saturated rings. The third kappa shape index (κ3) is 2.34. The molecule has 2 rings (SSSR count). The smallest absolute Gasteiger partial charge is 0.0761 e. The fraction of sp³-hybridized carbons (Fsp3) is 0.867. The van der Waals surface area contributed by atoms with E-state index in [1.807, 2.05) is 0 Å². The molecule has 3 atom stereocenters. The molecule has 0 saturated heterocycles. The number of rotatable bonds is 2. The van der Waals surface area contributed by atoms with Crippen molar-refractivity contribution in [2.24, 2.45) is 17.3 Å². The van der Waals surface area contributed by atoms with Gasteiger partial charge in [-0.3, -0.25) is 0 Å². The van der Waals surface area contributed by atoms with E-state index in [0.717, 1.165) is 24.9 Å². The molecule has 0 radical (unpaired) electrons. The van der Waals surface area contributed by atoms with Crippen molar-refractivity contribution in [1.82, 2.24) is 0 Å². The average Bonchev–Trinajstić information content (AvgIpc) is 2.45. The third-order valence-electron chi connectivity index (χ3n) is 5.09. The highest BCUT2D eigenvalue weighted by Gasteiger charge is 2.41. The van der Waals surface area contributed by atoms with Crippen LogP contribution in [0.3, 0.4) is 0 Å². The molecule has 1 heteroatoms. The molecule has 0 N–H and O–H groups in total. The monoisotopic (exact) mass is 222 g/mol. The van der Waals surface area contributed by atoms with Crippen molar-refractivity contribution in [3.05, 3.63) is 11.6 Å². The minimum atomic E-state index is 0.392. The molecule has 1 aliphatic heterocycles. The van der Waals surface area contributed by atoms with Gasteiger partial charge in [-0.15, -0.1) is 0 Å². The van der Waals surface area contributed by atoms with Gasteiger partial charge in [-0.1, -0.05) is 32.4 Å². The molecule has 0 aromatic heterocycles. The Hall–Kier alpha value is -0.300. The van der Waals surface area contributed by atoms with Crippen LogP contribution >= 0.6 is 0 Å². The standard InChI is InChI=1S/C15H26O/c1-11-7-8-16-14(9-11)10-13-6-5-12(2)15(13,3)4/h9,12-14H,5-8,10H2,1-4H3. The Labute approximate surface area is 100 Å². The average molecular weight is 222 g/mol. The maximum atomic E-state index is 5.86. The Morgan fingerprint density at radius 3 is 2.69 bits per heavy atom. The van der Waals surface area contributed by atoms with Gasteiger partial charge in [0, 0.05) is 0 Å². The van der Waals surface area contributed by atoms with E-state index in [0.29, 0.717) is 11.5 Å². The highest BCUT2D eigenvalue weighted by molar-refractivity contribution is 5.06. The van der Waals surface area contributed by atoms with Crippen LogP contribution in [0.15, 0.2) is 11.6 Å². The van der Waals surface area contributed by atoms with Crippen molar-refractivity contribution in [1.29, 1.82) is 0 Å². The molecule has 2 aliphatic rings. The van der Waals surface area contributed by atoms with Gasteiger partial charge in [-0.2, -0.15) is 0 Å². The van der Waals surface area contributed by atoms with Crippen LogP contribution in [0.25, 0.3) is 0 Å². The summed E-state index contributed by atoms with van der Waals surface area (Å²) in [6.45, 7) is 10.4. The van der Waals surface area contributed by atoms with E-state index in [4.69, 9.17) is 4.74 Å². The van der Waals surface area contributed by atoms with Crippen molar-refractivity contribution in [3.63, 3.8) is 0 Å². The Kier molecular flexibility index (Phi) is 3.44. The van der Waals surface area contributed by atoms with E-state index < -0.39 is 0 Å². The molecular formula is C15H26O. The first-order valence-corrected chi connectivity index (χ1v) is 6.79.